The number of benzene rings is 2. The number of anilines is 2. The third-order valence-corrected chi connectivity index (χ3v) is 6.54. The summed E-state index contributed by atoms with van der Waals surface area (Å²) in [5, 5.41) is 2.90. The molecule has 5 nitrogen and oxygen atoms in total. The molecular weight excluding hydrogens is 364 g/mol. The Morgan fingerprint density at radius 1 is 0.897 bits per heavy atom. The van der Waals surface area contributed by atoms with E-state index in [0.717, 1.165) is 24.1 Å². The van der Waals surface area contributed by atoms with E-state index in [2.05, 4.69) is 17.5 Å². The number of imide groups is 1. The Hall–Kier alpha value is -3.21. The third kappa shape index (κ3) is 2.80. The average Bonchev–Trinajstić information content (AvgIpc) is 3.03. The molecule has 3 aliphatic carbocycles. The van der Waals surface area contributed by atoms with Crippen LogP contribution in [-0.4, -0.2) is 17.7 Å². The van der Waals surface area contributed by atoms with Gasteiger partial charge in [-0.25, -0.2) is 0 Å². The monoisotopic (exact) mass is 386 g/mol. The zero-order valence-electron chi connectivity index (χ0n) is 16.2. The summed E-state index contributed by atoms with van der Waals surface area (Å²) in [7, 11) is 0. The van der Waals surface area contributed by atoms with E-state index in [9.17, 15) is 14.4 Å². The van der Waals surface area contributed by atoms with Crippen LogP contribution in [0.3, 0.4) is 0 Å². The molecule has 146 valence electrons. The number of hydrogen-bond acceptors (Lipinski definition) is 3. The number of para-hydroxylation sites is 1. The standard InChI is InChI=1S/C24H22N2O3/c1-14-4-2-3-5-19(14)25-22(27)17-10-12-18(13-11-17)26-23(28)20-15-6-7-16(9-8-15)21(20)24(26)29/h2-7,10-13,15-16,20-21H,8-9H2,1H3,(H,25,27). The molecule has 1 heterocycles. The molecular formula is C24H22N2O3. The first-order valence-corrected chi connectivity index (χ1v) is 10.1. The summed E-state index contributed by atoms with van der Waals surface area (Å²) < 4.78 is 0. The Morgan fingerprint density at radius 2 is 1.48 bits per heavy atom. The molecule has 5 heteroatoms. The summed E-state index contributed by atoms with van der Waals surface area (Å²) in [6, 6.07) is 14.3. The van der Waals surface area contributed by atoms with Gasteiger partial charge in [0.2, 0.25) is 11.8 Å². The SMILES string of the molecule is Cc1ccccc1NC(=O)c1ccc(N2C(=O)C3C4C=CC(CC4)C3C2=O)cc1. The summed E-state index contributed by atoms with van der Waals surface area (Å²) in [4.78, 5) is 39.9. The van der Waals surface area contributed by atoms with Crippen molar-refractivity contribution < 1.29 is 14.4 Å². The van der Waals surface area contributed by atoms with Crippen molar-refractivity contribution in [3.63, 3.8) is 0 Å². The quantitative estimate of drug-likeness (QED) is 0.642. The van der Waals surface area contributed by atoms with Gasteiger partial charge in [0.25, 0.3) is 5.91 Å². The topological polar surface area (TPSA) is 66.5 Å². The van der Waals surface area contributed by atoms with Crippen molar-refractivity contribution in [3.8, 4) is 0 Å². The molecule has 0 radical (unpaired) electrons. The van der Waals surface area contributed by atoms with Gasteiger partial charge in [0.1, 0.15) is 0 Å². The van der Waals surface area contributed by atoms with E-state index in [1.54, 1.807) is 24.3 Å². The molecule has 2 aromatic carbocycles. The highest BCUT2D eigenvalue weighted by Crippen LogP contribution is 2.50. The summed E-state index contributed by atoms with van der Waals surface area (Å²) >= 11 is 0. The smallest absolute Gasteiger partial charge is 0.255 e. The fourth-order valence-electron chi connectivity index (χ4n) is 5.00. The fraction of sp³-hybridized carbons (Fsp3) is 0.292. The highest BCUT2D eigenvalue weighted by atomic mass is 16.2. The zero-order chi connectivity index (χ0) is 20.1. The second kappa shape index (κ2) is 6.69. The van der Waals surface area contributed by atoms with Crippen LogP contribution in [0.2, 0.25) is 0 Å². The van der Waals surface area contributed by atoms with Gasteiger partial charge in [0, 0.05) is 11.3 Å². The van der Waals surface area contributed by atoms with Crippen LogP contribution < -0.4 is 10.2 Å². The molecule has 1 N–H and O–H groups in total. The third-order valence-electron chi connectivity index (χ3n) is 6.54. The van der Waals surface area contributed by atoms with E-state index in [0.29, 0.717) is 11.3 Å². The molecule has 1 saturated carbocycles. The van der Waals surface area contributed by atoms with Crippen molar-refractivity contribution >= 4 is 29.1 Å². The Labute approximate surface area is 169 Å². The molecule has 2 fully saturated rings. The largest absolute Gasteiger partial charge is 0.322 e. The van der Waals surface area contributed by atoms with Gasteiger partial charge in [-0.2, -0.15) is 0 Å². The predicted molar refractivity (Wildman–Crippen MR) is 110 cm³/mol. The van der Waals surface area contributed by atoms with E-state index in [1.165, 1.54) is 4.90 Å². The highest BCUT2D eigenvalue weighted by molar-refractivity contribution is 6.22. The second-order valence-electron chi connectivity index (χ2n) is 8.17. The van der Waals surface area contributed by atoms with Crippen LogP contribution in [-0.2, 0) is 9.59 Å². The lowest BCUT2D eigenvalue weighted by atomic mass is 9.63. The number of fused-ring (bicyclic) bond motifs is 1. The molecule has 29 heavy (non-hydrogen) atoms. The minimum atomic E-state index is -0.227. The summed E-state index contributed by atoms with van der Waals surface area (Å²) in [5.41, 5.74) is 2.77. The molecule has 4 atom stereocenters. The number of nitrogens with zero attached hydrogens (tertiary/aromatic N) is 1. The van der Waals surface area contributed by atoms with E-state index in [-0.39, 0.29) is 41.4 Å². The van der Waals surface area contributed by atoms with Gasteiger partial charge in [-0.3, -0.25) is 19.3 Å². The molecule has 2 aromatic rings. The van der Waals surface area contributed by atoms with Crippen LogP contribution in [0.5, 0.6) is 0 Å². The van der Waals surface area contributed by atoms with E-state index < -0.39 is 0 Å². The molecule has 0 aromatic heterocycles. The lowest BCUT2D eigenvalue weighted by Crippen LogP contribution is -2.38. The van der Waals surface area contributed by atoms with Crippen LogP contribution >= 0.6 is 0 Å². The van der Waals surface area contributed by atoms with Crippen LogP contribution in [0.4, 0.5) is 11.4 Å². The molecule has 2 bridgehead atoms. The van der Waals surface area contributed by atoms with E-state index >= 15 is 0 Å². The van der Waals surface area contributed by atoms with Gasteiger partial charge >= 0.3 is 0 Å². The number of aryl methyl sites for hydroxylation is 1. The van der Waals surface area contributed by atoms with Crippen LogP contribution in [0.25, 0.3) is 0 Å². The van der Waals surface area contributed by atoms with Crippen molar-refractivity contribution in [2.24, 2.45) is 23.7 Å². The van der Waals surface area contributed by atoms with Crippen molar-refractivity contribution in [3.05, 3.63) is 71.8 Å². The molecule has 3 amide bonds. The molecule has 1 saturated heterocycles. The van der Waals surface area contributed by atoms with Crippen molar-refractivity contribution in [1.82, 2.24) is 0 Å². The molecule has 4 aliphatic rings. The second-order valence-corrected chi connectivity index (χ2v) is 8.17. The van der Waals surface area contributed by atoms with Crippen LogP contribution in [0.15, 0.2) is 60.7 Å². The first kappa shape index (κ1) is 17.9. The lowest BCUT2D eigenvalue weighted by molar-refractivity contribution is -0.124. The number of carbonyl (C=O) groups excluding carboxylic acids is 3. The number of amides is 3. The predicted octanol–water partition coefficient (Wildman–Crippen LogP) is 3.95. The Kier molecular flexibility index (Phi) is 4.12. The number of hydrogen-bond donors (Lipinski definition) is 1. The van der Waals surface area contributed by atoms with Crippen molar-refractivity contribution in [2.45, 2.75) is 19.8 Å². The maximum atomic E-state index is 13.0. The number of carbonyl (C=O) groups is 3. The van der Waals surface area contributed by atoms with Crippen molar-refractivity contribution in [1.29, 1.82) is 0 Å². The Bertz CT molecular complexity index is 1010. The van der Waals surface area contributed by atoms with Crippen molar-refractivity contribution in [2.75, 3.05) is 10.2 Å². The minimum Gasteiger partial charge on any atom is -0.322 e. The van der Waals surface area contributed by atoms with Crippen LogP contribution in [0.1, 0.15) is 28.8 Å². The Balaban J connectivity index is 1.37. The number of nitrogens with one attached hydrogen (secondary N) is 1. The normalized spacial score (nSPS) is 27.3. The molecule has 6 rings (SSSR count). The number of rotatable bonds is 3. The van der Waals surface area contributed by atoms with Gasteiger partial charge in [-0.05, 0) is 67.5 Å². The van der Waals surface area contributed by atoms with Gasteiger partial charge in [-0.1, -0.05) is 30.4 Å². The summed E-state index contributed by atoms with van der Waals surface area (Å²) in [6.07, 6.45) is 6.19. The van der Waals surface area contributed by atoms with E-state index in [4.69, 9.17) is 0 Å². The van der Waals surface area contributed by atoms with E-state index in [1.807, 2.05) is 31.2 Å². The minimum absolute atomic E-state index is 0.101. The highest BCUT2D eigenvalue weighted by Gasteiger charge is 2.56. The van der Waals surface area contributed by atoms with Gasteiger partial charge in [0.15, 0.2) is 0 Å². The summed E-state index contributed by atoms with van der Waals surface area (Å²) in [6.45, 7) is 1.94. The maximum absolute atomic E-state index is 13.0. The first-order chi connectivity index (χ1) is 14.0. The zero-order valence-corrected chi connectivity index (χ0v) is 16.2. The van der Waals surface area contributed by atoms with Gasteiger partial charge in [-0.15, -0.1) is 0 Å². The summed E-state index contributed by atoms with van der Waals surface area (Å²) in [5.74, 6) is -0.532. The first-order valence-electron chi connectivity index (χ1n) is 10.1. The number of allylic oxidation sites excluding steroid dienone is 2. The molecule has 1 aliphatic heterocycles. The molecule has 4 unspecified atom stereocenters. The molecule has 0 spiro atoms. The lowest BCUT2D eigenvalue weighted by Gasteiger charge is -2.38. The van der Waals surface area contributed by atoms with Gasteiger partial charge in [0.05, 0.1) is 17.5 Å². The average molecular weight is 386 g/mol. The van der Waals surface area contributed by atoms with Gasteiger partial charge < -0.3 is 5.32 Å². The maximum Gasteiger partial charge on any atom is 0.255 e. The Morgan fingerprint density at radius 3 is 2.03 bits per heavy atom. The van der Waals surface area contributed by atoms with Crippen LogP contribution in [0, 0.1) is 30.6 Å². The fourth-order valence-corrected chi connectivity index (χ4v) is 5.00.